The van der Waals surface area contributed by atoms with Crippen LogP contribution in [0.5, 0.6) is 5.75 Å². The molecule has 0 fully saturated rings. The number of hydrogen-bond acceptors (Lipinski definition) is 5. The molecular weight excluding hydrogens is 269 g/mol. The second-order valence-electron chi connectivity index (χ2n) is 3.20. The molecule has 0 saturated heterocycles. The van der Waals surface area contributed by atoms with Gasteiger partial charge in [0.2, 0.25) is 0 Å². The van der Waals surface area contributed by atoms with Gasteiger partial charge in [0.05, 0.1) is 12.7 Å². The number of phenols is 1. The number of nitrogens with two attached hydrogens (primary N) is 1. The van der Waals surface area contributed by atoms with Gasteiger partial charge in [-0.3, -0.25) is 4.79 Å². The fourth-order valence-electron chi connectivity index (χ4n) is 1.23. The first-order chi connectivity index (χ1) is 7.88. The molecule has 1 rings (SSSR count). The number of halogens is 2. The summed E-state index contributed by atoms with van der Waals surface area (Å²) in [6.07, 6.45) is 0. The molecule has 1 aromatic rings. The number of carboxylic acid groups (broad SMARTS) is 1. The van der Waals surface area contributed by atoms with Gasteiger partial charge in [0.1, 0.15) is 6.04 Å². The average Bonchev–Trinajstić information content (AvgIpc) is 2.30. The first kappa shape index (κ1) is 16.1. The number of phenolic OH excluding ortho intramolecular Hbond substituents is 1. The molecule has 0 heterocycles. The number of esters is 1. The molecule has 8 heteroatoms. The Balaban J connectivity index is 0.00000289. The largest absolute Gasteiger partial charge is 0.505 e. The van der Waals surface area contributed by atoms with Crippen molar-refractivity contribution in [3.05, 3.63) is 29.1 Å². The van der Waals surface area contributed by atoms with Gasteiger partial charge in [-0.25, -0.2) is 9.18 Å². The van der Waals surface area contributed by atoms with E-state index in [1.807, 2.05) is 0 Å². The first-order valence-electron chi connectivity index (χ1n) is 4.47. The van der Waals surface area contributed by atoms with Gasteiger partial charge < -0.3 is 20.7 Å². The summed E-state index contributed by atoms with van der Waals surface area (Å²) in [6, 6.07) is 0.0989. The smallest absolute Gasteiger partial charge is 0.335 e. The molecule has 100 valence electrons. The highest BCUT2D eigenvalue weighted by molar-refractivity contribution is 5.89. The zero-order chi connectivity index (χ0) is 13.2. The highest BCUT2D eigenvalue weighted by Gasteiger charge is 2.24. The number of aromatic carboxylic acids is 1. The number of carboxylic acids is 1. The maximum absolute atomic E-state index is 13.2. The summed E-state index contributed by atoms with van der Waals surface area (Å²) in [4.78, 5) is 21.8. The van der Waals surface area contributed by atoms with E-state index >= 15 is 0 Å². The number of carbonyl (C=O) groups excluding carboxylic acids is 1. The van der Waals surface area contributed by atoms with Crippen molar-refractivity contribution < 1.29 is 28.9 Å². The molecule has 0 unspecified atom stereocenters. The van der Waals surface area contributed by atoms with E-state index in [9.17, 15) is 19.1 Å². The van der Waals surface area contributed by atoms with Crippen LogP contribution in [0.3, 0.4) is 0 Å². The fourth-order valence-corrected chi connectivity index (χ4v) is 1.23. The number of benzene rings is 1. The van der Waals surface area contributed by atoms with Gasteiger partial charge in [-0.1, -0.05) is 0 Å². The topological polar surface area (TPSA) is 110 Å². The summed E-state index contributed by atoms with van der Waals surface area (Å²) in [5.74, 6) is -4.35. The van der Waals surface area contributed by atoms with Gasteiger partial charge in [-0.05, 0) is 12.1 Å². The van der Waals surface area contributed by atoms with E-state index in [0.717, 1.165) is 13.2 Å². The van der Waals surface area contributed by atoms with Gasteiger partial charge >= 0.3 is 11.9 Å². The molecule has 0 aliphatic rings. The Morgan fingerprint density at radius 1 is 1.44 bits per heavy atom. The maximum Gasteiger partial charge on any atom is 0.335 e. The van der Waals surface area contributed by atoms with Crippen LogP contribution >= 0.6 is 12.4 Å². The van der Waals surface area contributed by atoms with Crippen LogP contribution < -0.4 is 5.73 Å². The third-order valence-corrected chi connectivity index (χ3v) is 2.13. The van der Waals surface area contributed by atoms with Crippen LogP contribution in [0.2, 0.25) is 0 Å². The number of carbonyl (C=O) groups is 2. The van der Waals surface area contributed by atoms with Gasteiger partial charge in [0.25, 0.3) is 0 Å². The normalized spacial score (nSPS) is 11.3. The van der Waals surface area contributed by atoms with E-state index in [1.54, 1.807) is 0 Å². The molecule has 0 aliphatic carbocycles. The summed E-state index contributed by atoms with van der Waals surface area (Å²) in [5.41, 5.74) is 4.63. The van der Waals surface area contributed by atoms with E-state index in [4.69, 9.17) is 10.8 Å². The Morgan fingerprint density at radius 2 is 2.00 bits per heavy atom. The second-order valence-corrected chi connectivity index (χ2v) is 3.20. The van der Waals surface area contributed by atoms with Crippen molar-refractivity contribution in [3.63, 3.8) is 0 Å². The van der Waals surface area contributed by atoms with Crippen LogP contribution in [0.25, 0.3) is 0 Å². The molecule has 6 nitrogen and oxygen atoms in total. The van der Waals surface area contributed by atoms with Gasteiger partial charge in [-0.2, -0.15) is 0 Å². The van der Waals surface area contributed by atoms with Crippen LogP contribution in [0.15, 0.2) is 12.1 Å². The predicted molar refractivity (Wildman–Crippen MR) is 61.2 cm³/mol. The summed E-state index contributed by atoms with van der Waals surface area (Å²) < 4.78 is 17.5. The minimum Gasteiger partial charge on any atom is -0.505 e. The lowest BCUT2D eigenvalue weighted by atomic mass is 10.0. The standard InChI is InChI=1S/C10H10FNO5.ClH/c1-17-10(16)7(12)5-2-4(9(14)15)3-6(11)8(5)13;/h2-3,7,13H,12H2,1H3,(H,14,15);1H/t7-;/m1./s1. The average molecular weight is 280 g/mol. The van der Waals surface area contributed by atoms with Crippen LogP contribution in [0.1, 0.15) is 22.0 Å². The minimum absolute atomic E-state index is 0. The Hall–Kier alpha value is -1.86. The molecular formula is C10H11ClFNO5. The molecule has 0 spiro atoms. The monoisotopic (exact) mass is 279 g/mol. The van der Waals surface area contributed by atoms with E-state index in [1.165, 1.54) is 0 Å². The van der Waals surface area contributed by atoms with Crippen LogP contribution in [0, 0.1) is 5.82 Å². The molecule has 0 saturated carbocycles. The molecule has 0 amide bonds. The fraction of sp³-hybridized carbons (Fsp3) is 0.200. The molecule has 1 atom stereocenters. The summed E-state index contributed by atoms with van der Waals surface area (Å²) in [6.45, 7) is 0. The summed E-state index contributed by atoms with van der Waals surface area (Å²) >= 11 is 0. The zero-order valence-electron chi connectivity index (χ0n) is 9.21. The molecule has 0 bridgehead atoms. The Labute approximate surface area is 108 Å². The van der Waals surface area contributed by atoms with Crippen LogP contribution in [-0.4, -0.2) is 29.3 Å². The summed E-state index contributed by atoms with van der Waals surface area (Å²) in [5, 5.41) is 18.1. The molecule has 0 aliphatic heterocycles. The predicted octanol–water partition coefficient (Wildman–Crippen LogP) is 0.824. The molecule has 18 heavy (non-hydrogen) atoms. The minimum atomic E-state index is -1.45. The Morgan fingerprint density at radius 3 is 2.44 bits per heavy atom. The van der Waals surface area contributed by atoms with Crippen molar-refractivity contribution in [2.45, 2.75) is 6.04 Å². The van der Waals surface area contributed by atoms with Gasteiger partial charge in [-0.15, -0.1) is 12.4 Å². The highest BCUT2D eigenvalue weighted by Crippen LogP contribution is 2.28. The van der Waals surface area contributed by atoms with Crippen molar-refractivity contribution in [2.24, 2.45) is 5.73 Å². The third-order valence-electron chi connectivity index (χ3n) is 2.13. The molecule has 1 aromatic carbocycles. The quantitative estimate of drug-likeness (QED) is 0.707. The van der Waals surface area contributed by atoms with Crippen LogP contribution in [-0.2, 0) is 9.53 Å². The van der Waals surface area contributed by atoms with Gasteiger partial charge in [0.15, 0.2) is 11.6 Å². The second kappa shape index (κ2) is 6.18. The van der Waals surface area contributed by atoms with E-state index < -0.39 is 35.1 Å². The lowest BCUT2D eigenvalue weighted by Gasteiger charge is -2.12. The van der Waals surface area contributed by atoms with Crippen molar-refractivity contribution >= 4 is 24.3 Å². The SMILES string of the molecule is COC(=O)[C@H](N)c1cc(C(=O)O)cc(F)c1O.Cl. The number of hydrogen-bond donors (Lipinski definition) is 3. The molecule has 0 aromatic heterocycles. The maximum atomic E-state index is 13.2. The van der Waals surface area contributed by atoms with E-state index in [0.29, 0.717) is 6.07 Å². The lowest BCUT2D eigenvalue weighted by Crippen LogP contribution is -2.23. The molecule has 4 N–H and O–H groups in total. The number of aromatic hydroxyl groups is 1. The van der Waals surface area contributed by atoms with E-state index in [-0.39, 0.29) is 18.0 Å². The van der Waals surface area contributed by atoms with Crippen molar-refractivity contribution in [3.8, 4) is 5.75 Å². The van der Waals surface area contributed by atoms with Crippen molar-refractivity contribution in [2.75, 3.05) is 7.11 Å². The third kappa shape index (κ3) is 3.08. The zero-order valence-corrected chi connectivity index (χ0v) is 10.0. The number of ether oxygens (including phenoxy) is 1. The molecule has 0 radical (unpaired) electrons. The number of rotatable bonds is 3. The Kier molecular flexibility index (Phi) is 5.54. The lowest BCUT2D eigenvalue weighted by molar-refractivity contribution is -0.142. The number of methoxy groups -OCH3 is 1. The summed E-state index contributed by atoms with van der Waals surface area (Å²) in [7, 11) is 1.07. The van der Waals surface area contributed by atoms with E-state index in [2.05, 4.69) is 4.74 Å². The van der Waals surface area contributed by atoms with Crippen LogP contribution in [0.4, 0.5) is 4.39 Å². The van der Waals surface area contributed by atoms with Crippen molar-refractivity contribution in [1.82, 2.24) is 0 Å². The first-order valence-corrected chi connectivity index (χ1v) is 4.47. The van der Waals surface area contributed by atoms with Gasteiger partial charge in [0, 0.05) is 5.56 Å². The van der Waals surface area contributed by atoms with Crippen molar-refractivity contribution in [1.29, 1.82) is 0 Å². The highest BCUT2D eigenvalue weighted by atomic mass is 35.5. The Bertz CT molecular complexity index is 480.